The first-order valence-electron chi connectivity index (χ1n) is 9.38. The van der Waals surface area contributed by atoms with E-state index in [9.17, 15) is 9.59 Å². The van der Waals surface area contributed by atoms with Crippen molar-refractivity contribution in [2.75, 3.05) is 26.2 Å². The smallest absolute Gasteiger partial charge is 0.247 e. The topological polar surface area (TPSA) is 56.8 Å². The molecule has 2 unspecified atom stereocenters. The third-order valence-electron chi connectivity index (χ3n) is 5.93. The molecule has 0 radical (unpaired) electrons. The SMILES string of the molecule is O=C1C2CN(Cc3ccc4ncccc4c3)CCN2C(=O)C2CCCN12. The van der Waals surface area contributed by atoms with E-state index in [4.69, 9.17) is 0 Å². The number of hydrogen-bond donors (Lipinski definition) is 0. The van der Waals surface area contributed by atoms with E-state index in [2.05, 4.69) is 28.1 Å². The molecule has 0 spiro atoms. The molecular formula is C20H22N4O2. The fourth-order valence-electron chi connectivity index (χ4n) is 4.61. The molecule has 0 bridgehead atoms. The van der Waals surface area contributed by atoms with Crippen LogP contribution >= 0.6 is 0 Å². The molecule has 6 nitrogen and oxygen atoms in total. The number of piperazine rings is 2. The molecule has 0 aliphatic carbocycles. The van der Waals surface area contributed by atoms with E-state index in [0.29, 0.717) is 13.1 Å². The number of hydrogen-bond acceptors (Lipinski definition) is 4. The van der Waals surface area contributed by atoms with Crippen LogP contribution in [0.3, 0.4) is 0 Å². The van der Waals surface area contributed by atoms with E-state index in [1.165, 1.54) is 5.56 Å². The second-order valence-electron chi connectivity index (χ2n) is 7.50. The fourth-order valence-corrected chi connectivity index (χ4v) is 4.61. The van der Waals surface area contributed by atoms with Crippen molar-refractivity contribution in [1.29, 1.82) is 0 Å². The lowest BCUT2D eigenvalue weighted by Gasteiger charge is -2.47. The Morgan fingerprint density at radius 3 is 2.77 bits per heavy atom. The molecule has 134 valence electrons. The second-order valence-corrected chi connectivity index (χ2v) is 7.50. The highest BCUT2D eigenvalue weighted by Gasteiger charge is 2.49. The van der Waals surface area contributed by atoms with Gasteiger partial charge in [0.25, 0.3) is 0 Å². The molecule has 2 amide bonds. The molecular weight excluding hydrogens is 328 g/mol. The number of carbonyl (C=O) groups excluding carboxylic acids is 2. The minimum absolute atomic E-state index is 0.138. The Balaban J connectivity index is 1.34. The third-order valence-corrected chi connectivity index (χ3v) is 5.93. The van der Waals surface area contributed by atoms with Crippen molar-refractivity contribution in [3.8, 4) is 0 Å². The lowest BCUT2D eigenvalue weighted by Crippen LogP contribution is -2.68. The minimum atomic E-state index is -0.312. The minimum Gasteiger partial charge on any atom is -0.329 e. The van der Waals surface area contributed by atoms with Crippen molar-refractivity contribution < 1.29 is 9.59 Å². The number of carbonyl (C=O) groups is 2. The summed E-state index contributed by atoms with van der Waals surface area (Å²) in [6.45, 7) is 3.61. The van der Waals surface area contributed by atoms with Gasteiger partial charge in [0, 0.05) is 44.3 Å². The first kappa shape index (κ1) is 15.8. The Bertz CT molecular complexity index is 883. The predicted octanol–water partition coefficient (Wildman–Crippen LogP) is 1.25. The molecule has 4 heterocycles. The Morgan fingerprint density at radius 1 is 1.00 bits per heavy atom. The molecule has 3 aliphatic heterocycles. The maximum atomic E-state index is 12.9. The molecule has 26 heavy (non-hydrogen) atoms. The average Bonchev–Trinajstić information content (AvgIpc) is 3.16. The molecule has 1 aromatic carbocycles. The van der Waals surface area contributed by atoms with E-state index in [1.54, 1.807) is 6.20 Å². The molecule has 3 fully saturated rings. The summed E-state index contributed by atoms with van der Waals surface area (Å²) in [7, 11) is 0. The van der Waals surface area contributed by atoms with E-state index in [-0.39, 0.29) is 23.9 Å². The van der Waals surface area contributed by atoms with Crippen molar-refractivity contribution in [3.63, 3.8) is 0 Å². The van der Waals surface area contributed by atoms with Gasteiger partial charge in [-0.05, 0) is 36.6 Å². The van der Waals surface area contributed by atoms with Gasteiger partial charge in [-0.25, -0.2) is 0 Å². The van der Waals surface area contributed by atoms with Crippen LogP contribution in [0.5, 0.6) is 0 Å². The number of pyridine rings is 1. The zero-order valence-electron chi connectivity index (χ0n) is 14.7. The summed E-state index contributed by atoms with van der Waals surface area (Å²) in [4.78, 5) is 35.9. The van der Waals surface area contributed by atoms with Crippen LogP contribution in [-0.4, -0.2) is 69.8 Å². The number of rotatable bonds is 2. The third kappa shape index (κ3) is 2.48. The lowest BCUT2D eigenvalue weighted by molar-refractivity contribution is -0.163. The zero-order valence-corrected chi connectivity index (χ0v) is 14.7. The summed E-state index contributed by atoms with van der Waals surface area (Å²) >= 11 is 0. The van der Waals surface area contributed by atoms with Crippen LogP contribution in [0, 0.1) is 0 Å². The Kier molecular flexibility index (Phi) is 3.67. The quantitative estimate of drug-likeness (QED) is 0.818. The highest BCUT2D eigenvalue weighted by atomic mass is 16.2. The number of aromatic nitrogens is 1. The van der Waals surface area contributed by atoms with Crippen LogP contribution in [0.4, 0.5) is 0 Å². The Morgan fingerprint density at radius 2 is 1.85 bits per heavy atom. The van der Waals surface area contributed by atoms with Gasteiger partial charge in [0.1, 0.15) is 12.1 Å². The van der Waals surface area contributed by atoms with Gasteiger partial charge >= 0.3 is 0 Å². The summed E-state index contributed by atoms with van der Waals surface area (Å²) in [5, 5.41) is 1.13. The van der Waals surface area contributed by atoms with Gasteiger partial charge in [0.2, 0.25) is 11.8 Å². The van der Waals surface area contributed by atoms with Crippen LogP contribution in [0.1, 0.15) is 18.4 Å². The van der Waals surface area contributed by atoms with Crippen LogP contribution < -0.4 is 0 Å². The van der Waals surface area contributed by atoms with E-state index < -0.39 is 0 Å². The van der Waals surface area contributed by atoms with E-state index >= 15 is 0 Å². The second kappa shape index (κ2) is 6.06. The highest BCUT2D eigenvalue weighted by molar-refractivity contribution is 5.97. The number of fused-ring (bicyclic) bond motifs is 3. The summed E-state index contributed by atoms with van der Waals surface area (Å²) in [6.07, 6.45) is 3.57. The molecule has 5 rings (SSSR count). The maximum Gasteiger partial charge on any atom is 0.247 e. The Labute approximate surface area is 152 Å². The van der Waals surface area contributed by atoms with Gasteiger partial charge in [-0.1, -0.05) is 12.1 Å². The van der Waals surface area contributed by atoms with Gasteiger partial charge in [-0.15, -0.1) is 0 Å². The first-order chi connectivity index (χ1) is 12.7. The van der Waals surface area contributed by atoms with Crippen molar-refractivity contribution >= 4 is 22.7 Å². The zero-order chi connectivity index (χ0) is 17.7. The molecule has 3 aliphatic rings. The van der Waals surface area contributed by atoms with Crippen LogP contribution in [0.25, 0.3) is 10.9 Å². The van der Waals surface area contributed by atoms with Crippen molar-refractivity contribution in [3.05, 3.63) is 42.1 Å². The van der Waals surface area contributed by atoms with Gasteiger partial charge < -0.3 is 9.80 Å². The number of benzene rings is 1. The van der Waals surface area contributed by atoms with Crippen LogP contribution in [0.15, 0.2) is 36.5 Å². The molecule has 0 N–H and O–H groups in total. The van der Waals surface area contributed by atoms with Crippen molar-refractivity contribution in [2.24, 2.45) is 0 Å². The largest absolute Gasteiger partial charge is 0.329 e. The van der Waals surface area contributed by atoms with Gasteiger partial charge in [-0.3, -0.25) is 19.5 Å². The van der Waals surface area contributed by atoms with Gasteiger partial charge in [0.05, 0.1) is 5.52 Å². The molecule has 1 aromatic heterocycles. The van der Waals surface area contributed by atoms with Crippen LogP contribution in [0.2, 0.25) is 0 Å². The summed E-state index contributed by atoms with van der Waals surface area (Å²) in [6, 6.07) is 9.83. The standard InChI is InChI=1S/C20H22N4O2/c25-19-17-4-2-8-23(17)20(26)18-13-22(9-10-24(18)19)12-14-5-6-16-15(11-14)3-1-7-21-16/h1,3,5-7,11,17-18H,2,4,8-10,12-13H2. The summed E-state index contributed by atoms with van der Waals surface area (Å²) < 4.78 is 0. The summed E-state index contributed by atoms with van der Waals surface area (Å²) in [5.74, 6) is 0.294. The van der Waals surface area contributed by atoms with E-state index in [1.807, 2.05) is 21.9 Å². The predicted molar refractivity (Wildman–Crippen MR) is 97.3 cm³/mol. The van der Waals surface area contributed by atoms with Gasteiger partial charge in [-0.2, -0.15) is 0 Å². The van der Waals surface area contributed by atoms with Crippen molar-refractivity contribution in [1.82, 2.24) is 19.7 Å². The summed E-state index contributed by atoms with van der Waals surface area (Å²) in [5.41, 5.74) is 2.21. The molecule has 2 aromatic rings. The van der Waals surface area contributed by atoms with Crippen LogP contribution in [-0.2, 0) is 16.1 Å². The highest BCUT2D eigenvalue weighted by Crippen LogP contribution is 2.29. The van der Waals surface area contributed by atoms with Crippen molar-refractivity contribution in [2.45, 2.75) is 31.5 Å². The average molecular weight is 350 g/mol. The first-order valence-corrected chi connectivity index (χ1v) is 9.38. The molecule has 2 atom stereocenters. The van der Waals surface area contributed by atoms with Gasteiger partial charge in [0.15, 0.2) is 0 Å². The monoisotopic (exact) mass is 350 g/mol. The number of amides is 2. The lowest BCUT2D eigenvalue weighted by atomic mass is 10.0. The fraction of sp³-hybridized carbons (Fsp3) is 0.450. The molecule has 3 saturated heterocycles. The maximum absolute atomic E-state index is 12.9. The molecule has 6 heteroatoms. The normalized spacial score (nSPS) is 26.3. The number of nitrogens with zero attached hydrogens (tertiary/aromatic N) is 4. The molecule has 0 saturated carbocycles. The van der Waals surface area contributed by atoms with E-state index in [0.717, 1.165) is 43.4 Å². The Hall–Kier alpha value is -2.47.